The molecule has 0 spiro atoms. The third-order valence-electron chi connectivity index (χ3n) is 5.43. The zero-order valence-corrected chi connectivity index (χ0v) is 18.0. The summed E-state index contributed by atoms with van der Waals surface area (Å²) in [5.41, 5.74) is 3.42. The van der Waals surface area contributed by atoms with E-state index >= 15 is 0 Å². The zero-order chi connectivity index (χ0) is 19.2. The Kier molecular flexibility index (Phi) is 5.96. The van der Waals surface area contributed by atoms with Gasteiger partial charge in [0.25, 0.3) is 5.56 Å². The molecule has 1 aromatic carbocycles. The molecule has 0 amide bonds. The molecular formula is C21H26ClN3O2S. The van der Waals surface area contributed by atoms with E-state index in [1.165, 1.54) is 5.56 Å². The SMILES string of the molecule is Cc1ccc(C)c(-c2c(C)sc3ncn(CC4(O)CCCNC4)c(=O)c23)c1.Cl. The molecule has 28 heavy (non-hydrogen) atoms. The minimum atomic E-state index is -0.901. The van der Waals surface area contributed by atoms with E-state index in [-0.39, 0.29) is 24.5 Å². The van der Waals surface area contributed by atoms with Crippen LogP contribution in [0.25, 0.3) is 21.3 Å². The van der Waals surface area contributed by atoms with Gasteiger partial charge >= 0.3 is 0 Å². The standard InChI is InChI=1S/C21H25N3O2S.ClH/c1-13-5-6-14(2)16(9-13)17-15(3)27-19-18(17)20(25)24(12-23-19)11-21(26)7-4-8-22-10-21;/h5-6,9,12,22,26H,4,7-8,10-11H2,1-3H3;1H. The fourth-order valence-electron chi connectivity index (χ4n) is 3.98. The van der Waals surface area contributed by atoms with E-state index in [1.54, 1.807) is 22.2 Å². The van der Waals surface area contributed by atoms with Gasteiger partial charge in [0.15, 0.2) is 0 Å². The van der Waals surface area contributed by atoms with Gasteiger partial charge in [-0.15, -0.1) is 23.7 Å². The highest BCUT2D eigenvalue weighted by Crippen LogP contribution is 2.37. The number of aromatic nitrogens is 2. The van der Waals surface area contributed by atoms with E-state index in [9.17, 15) is 9.90 Å². The lowest BCUT2D eigenvalue weighted by Gasteiger charge is -2.32. The van der Waals surface area contributed by atoms with Crippen molar-refractivity contribution in [3.63, 3.8) is 0 Å². The molecule has 3 heterocycles. The van der Waals surface area contributed by atoms with Crippen LogP contribution in [0.15, 0.2) is 29.3 Å². The molecule has 1 fully saturated rings. The molecule has 2 aromatic heterocycles. The monoisotopic (exact) mass is 419 g/mol. The van der Waals surface area contributed by atoms with Crippen molar-refractivity contribution < 1.29 is 5.11 Å². The number of piperidine rings is 1. The van der Waals surface area contributed by atoms with Gasteiger partial charge in [0.2, 0.25) is 0 Å². The van der Waals surface area contributed by atoms with Gasteiger partial charge < -0.3 is 10.4 Å². The molecule has 150 valence electrons. The molecule has 0 aliphatic carbocycles. The van der Waals surface area contributed by atoms with E-state index in [0.717, 1.165) is 39.4 Å². The first-order valence-electron chi connectivity index (χ1n) is 9.37. The molecule has 1 saturated heterocycles. The Morgan fingerprint density at radius 3 is 2.82 bits per heavy atom. The van der Waals surface area contributed by atoms with Gasteiger partial charge in [0.1, 0.15) is 4.83 Å². The Balaban J connectivity index is 0.00000225. The van der Waals surface area contributed by atoms with Crippen molar-refractivity contribution in [1.82, 2.24) is 14.9 Å². The third kappa shape index (κ3) is 3.74. The van der Waals surface area contributed by atoms with Crippen molar-refractivity contribution in [1.29, 1.82) is 0 Å². The van der Waals surface area contributed by atoms with E-state index in [1.807, 2.05) is 6.92 Å². The highest BCUT2D eigenvalue weighted by Gasteiger charge is 2.30. The van der Waals surface area contributed by atoms with E-state index in [4.69, 9.17) is 0 Å². The first kappa shape index (κ1) is 21.0. The number of nitrogens with one attached hydrogen (secondary N) is 1. The number of rotatable bonds is 3. The summed E-state index contributed by atoms with van der Waals surface area (Å²) < 4.78 is 1.58. The van der Waals surface area contributed by atoms with Crippen molar-refractivity contribution in [2.24, 2.45) is 0 Å². The van der Waals surface area contributed by atoms with Gasteiger partial charge in [0, 0.05) is 17.0 Å². The number of aryl methyl sites for hydroxylation is 3. The summed E-state index contributed by atoms with van der Waals surface area (Å²) in [4.78, 5) is 19.8. The van der Waals surface area contributed by atoms with Crippen molar-refractivity contribution >= 4 is 34.0 Å². The summed E-state index contributed by atoms with van der Waals surface area (Å²) in [6.45, 7) is 7.87. The van der Waals surface area contributed by atoms with E-state index in [2.05, 4.69) is 42.3 Å². The third-order valence-corrected chi connectivity index (χ3v) is 6.44. The molecule has 4 rings (SSSR count). The average molecular weight is 420 g/mol. The lowest BCUT2D eigenvalue weighted by molar-refractivity contribution is -0.000241. The molecule has 3 aromatic rings. The highest BCUT2D eigenvalue weighted by molar-refractivity contribution is 7.19. The van der Waals surface area contributed by atoms with Crippen molar-refractivity contribution in [3.8, 4) is 11.1 Å². The Hall–Kier alpha value is -1.73. The van der Waals surface area contributed by atoms with Gasteiger partial charge in [-0.3, -0.25) is 9.36 Å². The molecule has 1 unspecified atom stereocenters. The number of thiophene rings is 1. The van der Waals surface area contributed by atoms with Crippen LogP contribution in [0.5, 0.6) is 0 Å². The first-order chi connectivity index (χ1) is 12.9. The Bertz CT molecular complexity index is 1070. The predicted octanol–water partition coefficient (Wildman–Crippen LogP) is 3.59. The molecular weight excluding hydrogens is 394 g/mol. The lowest BCUT2D eigenvalue weighted by Crippen LogP contribution is -2.49. The summed E-state index contributed by atoms with van der Waals surface area (Å²) in [6, 6.07) is 6.32. The van der Waals surface area contributed by atoms with Crippen LogP contribution in [-0.2, 0) is 6.54 Å². The normalized spacial score (nSPS) is 19.6. The molecule has 0 radical (unpaired) electrons. The van der Waals surface area contributed by atoms with Crippen molar-refractivity contribution in [2.45, 2.75) is 45.8 Å². The maximum absolute atomic E-state index is 13.3. The summed E-state index contributed by atoms with van der Waals surface area (Å²) in [7, 11) is 0. The molecule has 0 bridgehead atoms. The van der Waals surface area contributed by atoms with Gasteiger partial charge in [-0.1, -0.05) is 23.8 Å². The van der Waals surface area contributed by atoms with Crippen LogP contribution in [-0.4, -0.2) is 33.3 Å². The fraction of sp³-hybridized carbons (Fsp3) is 0.429. The average Bonchev–Trinajstić information content (AvgIpc) is 2.97. The number of hydrogen-bond acceptors (Lipinski definition) is 5. The number of halogens is 1. The van der Waals surface area contributed by atoms with Crippen LogP contribution in [0, 0.1) is 20.8 Å². The summed E-state index contributed by atoms with van der Waals surface area (Å²) in [6.07, 6.45) is 3.18. The second kappa shape index (κ2) is 7.95. The summed E-state index contributed by atoms with van der Waals surface area (Å²) in [5, 5.41) is 14.7. The molecule has 0 saturated carbocycles. The highest BCUT2D eigenvalue weighted by atomic mass is 35.5. The second-order valence-corrected chi connectivity index (χ2v) is 8.92. The van der Waals surface area contributed by atoms with Crippen LogP contribution < -0.4 is 10.9 Å². The van der Waals surface area contributed by atoms with Crippen molar-refractivity contribution in [2.75, 3.05) is 13.1 Å². The van der Waals surface area contributed by atoms with Crippen LogP contribution >= 0.6 is 23.7 Å². The number of benzene rings is 1. The van der Waals surface area contributed by atoms with Gasteiger partial charge in [0.05, 0.1) is 23.9 Å². The maximum Gasteiger partial charge on any atom is 0.262 e. The molecule has 7 heteroatoms. The quantitative estimate of drug-likeness (QED) is 0.680. The van der Waals surface area contributed by atoms with Crippen molar-refractivity contribution in [3.05, 3.63) is 50.9 Å². The lowest BCUT2D eigenvalue weighted by atomic mass is 9.94. The van der Waals surface area contributed by atoms with Gasteiger partial charge in [-0.25, -0.2) is 4.98 Å². The van der Waals surface area contributed by atoms with Gasteiger partial charge in [-0.05, 0) is 51.3 Å². The Morgan fingerprint density at radius 2 is 2.11 bits per heavy atom. The number of aliphatic hydroxyl groups is 1. The number of nitrogens with zero attached hydrogens (tertiary/aromatic N) is 2. The van der Waals surface area contributed by atoms with E-state index < -0.39 is 5.60 Å². The van der Waals surface area contributed by atoms with Crippen LogP contribution in [0.4, 0.5) is 0 Å². The maximum atomic E-state index is 13.3. The van der Waals surface area contributed by atoms with Crippen LogP contribution in [0.3, 0.4) is 0 Å². The number of β-amino-alcohol motifs (C(OH)–C–C–N with tert-alkyl or cyclic N) is 1. The van der Waals surface area contributed by atoms with Crippen LogP contribution in [0.1, 0.15) is 28.8 Å². The minimum Gasteiger partial charge on any atom is -0.387 e. The molecule has 2 N–H and O–H groups in total. The topological polar surface area (TPSA) is 67.2 Å². The number of fused-ring (bicyclic) bond motifs is 1. The molecule has 1 aliphatic heterocycles. The van der Waals surface area contributed by atoms with Crippen LogP contribution in [0.2, 0.25) is 0 Å². The second-order valence-electron chi connectivity index (χ2n) is 7.71. The minimum absolute atomic E-state index is 0. The van der Waals surface area contributed by atoms with E-state index in [0.29, 0.717) is 18.4 Å². The zero-order valence-electron chi connectivity index (χ0n) is 16.4. The van der Waals surface area contributed by atoms with Gasteiger partial charge in [-0.2, -0.15) is 0 Å². The smallest absolute Gasteiger partial charge is 0.262 e. The first-order valence-corrected chi connectivity index (χ1v) is 10.2. The predicted molar refractivity (Wildman–Crippen MR) is 118 cm³/mol. The summed E-state index contributed by atoms with van der Waals surface area (Å²) in [5.74, 6) is 0. The Labute approximate surface area is 174 Å². The molecule has 1 aliphatic rings. The largest absolute Gasteiger partial charge is 0.387 e. The number of hydrogen-bond donors (Lipinski definition) is 2. The molecule has 5 nitrogen and oxygen atoms in total. The fourth-order valence-corrected chi connectivity index (χ4v) is 4.98. The molecule has 1 atom stereocenters. The summed E-state index contributed by atoms with van der Waals surface area (Å²) >= 11 is 1.56. The Morgan fingerprint density at radius 1 is 1.32 bits per heavy atom.